The summed E-state index contributed by atoms with van der Waals surface area (Å²) in [4.78, 5) is 4.16. The predicted octanol–water partition coefficient (Wildman–Crippen LogP) is 2.36. The first-order valence-corrected chi connectivity index (χ1v) is 5.14. The van der Waals surface area contributed by atoms with Crippen molar-refractivity contribution in [3.8, 4) is 0 Å². The van der Waals surface area contributed by atoms with Gasteiger partial charge in [-0.25, -0.2) is 0 Å². The third-order valence-corrected chi connectivity index (χ3v) is 2.75. The lowest BCUT2D eigenvalue weighted by Crippen LogP contribution is -2.30. The average molecular weight is 192 g/mol. The Bertz CT molecular complexity index is 267. The van der Waals surface area contributed by atoms with E-state index in [0.717, 1.165) is 6.42 Å². The van der Waals surface area contributed by atoms with Crippen molar-refractivity contribution < 1.29 is 0 Å². The van der Waals surface area contributed by atoms with Crippen molar-refractivity contribution in [1.29, 1.82) is 0 Å². The summed E-state index contributed by atoms with van der Waals surface area (Å²) in [5, 5.41) is 3.27. The lowest BCUT2D eigenvalue weighted by molar-refractivity contribution is 0.404. The molecular formula is C12H20N2. The number of nitrogens with zero attached hydrogens (tertiary/aromatic N) is 1. The van der Waals surface area contributed by atoms with Gasteiger partial charge in [-0.05, 0) is 37.4 Å². The molecule has 1 rings (SSSR count). The number of hydrogen-bond acceptors (Lipinski definition) is 2. The molecule has 0 saturated carbocycles. The van der Waals surface area contributed by atoms with Gasteiger partial charge in [-0.15, -0.1) is 0 Å². The molecule has 0 amide bonds. The molecule has 78 valence electrons. The molecule has 0 saturated heterocycles. The van der Waals surface area contributed by atoms with E-state index in [1.165, 1.54) is 5.56 Å². The fraction of sp³-hybridized carbons (Fsp3) is 0.583. The molecule has 2 nitrogen and oxygen atoms in total. The zero-order valence-corrected chi connectivity index (χ0v) is 9.54. The molecule has 0 fully saturated rings. The third kappa shape index (κ3) is 2.81. The van der Waals surface area contributed by atoms with Crippen molar-refractivity contribution >= 4 is 0 Å². The van der Waals surface area contributed by atoms with E-state index in [1.807, 2.05) is 25.5 Å². The van der Waals surface area contributed by atoms with Crippen molar-refractivity contribution in [2.24, 2.45) is 0 Å². The normalized spacial score (nSPS) is 14.0. The standard InChI is InChI=1S/C12H20N2/c1-10(13-4)8-12(2,3)11-6-5-7-14-9-11/h5-7,9-10,13H,8H2,1-4H3. The van der Waals surface area contributed by atoms with Crippen molar-refractivity contribution in [1.82, 2.24) is 10.3 Å². The van der Waals surface area contributed by atoms with Gasteiger partial charge < -0.3 is 5.32 Å². The number of nitrogens with one attached hydrogen (secondary N) is 1. The van der Waals surface area contributed by atoms with E-state index in [-0.39, 0.29) is 5.41 Å². The Labute approximate surface area is 86.8 Å². The second-order valence-electron chi connectivity index (χ2n) is 4.52. The Balaban J connectivity index is 2.75. The number of pyridine rings is 1. The quantitative estimate of drug-likeness (QED) is 0.792. The van der Waals surface area contributed by atoms with E-state index in [4.69, 9.17) is 0 Å². The van der Waals surface area contributed by atoms with Crippen LogP contribution in [0.15, 0.2) is 24.5 Å². The molecular weight excluding hydrogens is 172 g/mol. The highest BCUT2D eigenvalue weighted by Crippen LogP contribution is 2.27. The maximum Gasteiger partial charge on any atom is 0.0305 e. The zero-order valence-electron chi connectivity index (χ0n) is 9.54. The molecule has 0 aliphatic carbocycles. The first-order chi connectivity index (χ1) is 6.56. The van der Waals surface area contributed by atoms with Crippen molar-refractivity contribution in [3.63, 3.8) is 0 Å². The van der Waals surface area contributed by atoms with Crippen LogP contribution in [0.5, 0.6) is 0 Å². The molecule has 1 aromatic rings. The van der Waals surface area contributed by atoms with Gasteiger partial charge in [-0.1, -0.05) is 19.9 Å². The van der Waals surface area contributed by atoms with E-state index in [9.17, 15) is 0 Å². The highest BCUT2D eigenvalue weighted by Gasteiger charge is 2.22. The molecule has 0 radical (unpaired) electrons. The Morgan fingerprint density at radius 2 is 2.21 bits per heavy atom. The van der Waals surface area contributed by atoms with Crippen LogP contribution >= 0.6 is 0 Å². The summed E-state index contributed by atoms with van der Waals surface area (Å²) in [6.07, 6.45) is 4.90. The summed E-state index contributed by atoms with van der Waals surface area (Å²) in [5.74, 6) is 0. The fourth-order valence-electron chi connectivity index (χ4n) is 1.75. The minimum atomic E-state index is 0.191. The molecule has 1 atom stereocenters. The summed E-state index contributed by atoms with van der Waals surface area (Å²) < 4.78 is 0. The molecule has 0 bridgehead atoms. The third-order valence-electron chi connectivity index (χ3n) is 2.75. The van der Waals surface area contributed by atoms with Crippen LogP contribution in [-0.4, -0.2) is 18.1 Å². The van der Waals surface area contributed by atoms with Crippen molar-refractivity contribution in [2.45, 2.75) is 38.6 Å². The molecule has 1 N–H and O–H groups in total. The van der Waals surface area contributed by atoms with Crippen LogP contribution in [0.2, 0.25) is 0 Å². The molecule has 1 unspecified atom stereocenters. The lowest BCUT2D eigenvalue weighted by atomic mass is 9.80. The van der Waals surface area contributed by atoms with Crippen molar-refractivity contribution in [3.05, 3.63) is 30.1 Å². The van der Waals surface area contributed by atoms with Gasteiger partial charge in [0.05, 0.1) is 0 Å². The minimum Gasteiger partial charge on any atom is -0.317 e. The van der Waals surface area contributed by atoms with E-state index in [2.05, 4.69) is 37.1 Å². The van der Waals surface area contributed by atoms with Crippen LogP contribution in [0, 0.1) is 0 Å². The molecule has 0 aromatic carbocycles. The number of rotatable bonds is 4. The lowest BCUT2D eigenvalue weighted by Gasteiger charge is -2.28. The van der Waals surface area contributed by atoms with Gasteiger partial charge in [0.2, 0.25) is 0 Å². The van der Waals surface area contributed by atoms with Crippen LogP contribution in [-0.2, 0) is 5.41 Å². The summed E-state index contributed by atoms with van der Waals surface area (Å²) in [5.41, 5.74) is 1.50. The van der Waals surface area contributed by atoms with Gasteiger partial charge in [-0.3, -0.25) is 4.98 Å². The Kier molecular flexibility index (Phi) is 3.64. The van der Waals surface area contributed by atoms with E-state index in [1.54, 1.807) is 0 Å². The molecule has 14 heavy (non-hydrogen) atoms. The predicted molar refractivity (Wildman–Crippen MR) is 60.4 cm³/mol. The van der Waals surface area contributed by atoms with Gasteiger partial charge in [-0.2, -0.15) is 0 Å². The summed E-state index contributed by atoms with van der Waals surface area (Å²) >= 11 is 0. The topological polar surface area (TPSA) is 24.9 Å². The highest BCUT2D eigenvalue weighted by atomic mass is 14.9. The fourth-order valence-corrected chi connectivity index (χ4v) is 1.75. The number of hydrogen-bond donors (Lipinski definition) is 1. The summed E-state index contributed by atoms with van der Waals surface area (Å²) in [6.45, 7) is 6.73. The van der Waals surface area contributed by atoms with Crippen LogP contribution in [0.1, 0.15) is 32.8 Å². The van der Waals surface area contributed by atoms with Gasteiger partial charge in [0.1, 0.15) is 0 Å². The van der Waals surface area contributed by atoms with E-state index in [0.29, 0.717) is 6.04 Å². The Morgan fingerprint density at radius 1 is 1.50 bits per heavy atom. The first kappa shape index (κ1) is 11.2. The second kappa shape index (κ2) is 4.56. The smallest absolute Gasteiger partial charge is 0.0305 e. The summed E-state index contributed by atoms with van der Waals surface area (Å²) in [6, 6.07) is 4.68. The zero-order chi connectivity index (χ0) is 10.6. The van der Waals surface area contributed by atoms with Gasteiger partial charge >= 0.3 is 0 Å². The Hall–Kier alpha value is -0.890. The maximum absolute atomic E-state index is 4.16. The van der Waals surface area contributed by atoms with Gasteiger partial charge in [0, 0.05) is 18.4 Å². The molecule has 1 heterocycles. The molecule has 1 aromatic heterocycles. The van der Waals surface area contributed by atoms with E-state index < -0.39 is 0 Å². The SMILES string of the molecule is CNC(C)CC(C)(C)c1cccnc1. The largest absolute Gasteiger partial charge is 0.317 e. The average Bonchev–Trinajstić information content (AvgIpc) is 2.18. The maximum atomic E-state index is 4.16. The molecule has 2 heteroatoms. The van der Waals surface area contributed by atoms with Crippen molar-refractivity contribution in [2.75, 3.05) is 7.05 Å². The minimum absolute atomic E-state index is 0.191. The van der Waals surface area contributed by atoms with Crippen LogP contribution in [0.25, 0.3) is 0 Å². The van der Waals surface area contributed by atoms with E-state index >= 15 is 0 Å². The molecule has 0 spiro atoms. The monoisotopic (exact) mass is 192 g/mol. The van der Waals surface area contributed by atoms with Crippen LogP contribution in [0.4, 0.5) is 0 Å². The van der Waals surface area contributed by atoms with Gasteiger partial charge in [0.15, 0.2) is 0 Å². The Morgan fingerprint density at radius 3 is 2.71 bits per heavy atom. The summed E-state index contributed by atoms with van der Waals surface area (Å²) in [7, 11) is 2.00. The van der Waals surface area contributed by atoms with Gasteiger partial charge in [0.25, 0.3) is 0 Å². The number of aromatic nitrogens is 1. The molecule has 0 aliphatic heterocycles. The highest BCUT2D eigenvalue weighted by molar-refractivity contribution is 5.19. The first-order valence-electron chi connectivity index (χ1n) is 5.14. The molecule has 0 aliphatic rings. The van der Waals surface area contributed by atoms with Crippen LogP contribution < -0.4 is 5.32 Å². The van der Waals surface area contributed by atoms with Crippen LogP contribution in [0.3, 0.4) is 0 Å². The second-order valence-corrected chi connectivity index (χ2v) is 4.52.